The molecule has 1 heterocycles. The maximum atomic E-state index is 12.3. The minimum atomic E-state index is -0.719. The van der Waals surface area contributed by atoms with Gasteiger partial charge in [-0.15, -0.1) is 0 Å². The van der Waals surface area contributed by atoms with Crippen LogP contribution in [0.4, 0.5) is 11.4 Å². The highest BCUT2D eigenvalue weighted by molar-refractivity contribution is 5.97. The molecule has 0 bridgehead atoms. The highest BCUT2D eigenvalue weighted by Gasteiger charge is 2.18. The Bertz CT molecular complexity index is 1160. The summed E-state index contributed by atoms with van der Waals surface area (Å²) in [6.45, 7) is 8.95. The molecule has 1 N–H and O–H groups in total. The fourth-order valence-electron chi connectivity index (χ4n) is 3.50. The molecule has 3 aromatic rings. The van der Waals surface area contributed by atoms with Crippen LogP contribution in [0.25, 0.3) is 22.1 Å². The maximum Gasteiger partial charge on any atom is 0.351 e. The molecule has 0 fully saturated rings. The van der Waals surface area contributed by atoms with Gasteiger partial charge in [-0.3, -0.25) is 4.79 Å². The topological polar surface area (TPSA) is 88.8 Å². The lowest BCUT2D eigenvalue weighted by atomic mass is 9.99. The van der Waals surface area contributed by atoms with Gasteiger partial charge in [0.1, 0.15) is 11.1 Å². The number of hydrogen-bond acceptors (Lipinski definition) is 6. The first-order valence-corrected chi connectivity index (χ1v) is 10.3. The number of ether oxygens (including phenoxy) is 1. The van der Waals surface area contributed by atoms with Crippen molar-refractivity contribution in [2.75, 3.05) is 29.9 Å². The van der Waals surface area contributed by atoms with Crippen LogP contribution in [0, 0.1) is 0 Å². The van der Waals surface area contributed by atoms with E-state index in [0.29, 0.717) is 16.7 Å². The summed E-state index contributed by atoms with van der Waals surface area (Å²) < 4.78 is 10.4. The van der Waals surface area contributed by atoms with E-state index in [4.69, 9.17) is 9.15 Å². The van der Waals surface area contributed by atoms with E-state index in [1.807, 2.05) is 36.4 Å². The molecule has 0 spiro atoms. The van der Waals surface area contributed by atoms with Crippen molar-refractivity contribution in [3.05, 3.63) is 58.4 Å². The molecule has 0 saturated heterocycles. The normalized spacial score (nSPS) is 10.7. The van der Waals surface area contributed by atoms with Gasteiger partial charge in [-0.25, -0.2) is 9.59 Å². The van der Waals surface area contributed by atoms with Gasteiger partial charge < -0.3 is 19.4 Å². The highest BCUT2D eigenvalue weighted by atomic mass is 16.5. The summed E-state index contributed by atoms with van der Waals surface area (Å²) >= 11 is 0. The average molecular weight is 422 g/mol. The molecule has 7 nitrogen and oxygen atoms in total. The van der Waals surface area contributed by atoms with E-state index in [9.17, 15) is 14.4 Å². The van der Waals surface area contributed by atoms with E-state index in [1.165, 1.54) is 13.0 Å². The van der Waals surface area contributed by atoms with Crippen LogP contribution in [-0.2, 0) is 9.53 Å². The van der Waals surface area contributed by atoms with Gasteiger partial charge in [0.15, 0.2) is 0 Å². The van der Waals surface area contributed by atoms with E-state index in [-0.39, 0.29) is 18.1 Å². The number of fused-ring (bicyclic) bond motifs is 1. The molecule has 0 saturated carbocycles. The predicted octanol–water partition coefficient (Wildman–Crippen LogP) is 4.44. The number of carbonyl (C=O) groups excluding carboxylic acids is 2. The summed E-state index contributed by atoms with van der Waals surface area (Å²) in [4.78, 5) is 37.9. The Morgan fingerprint density at radius 3 is 2.29 bits per heavy atom. The first kappa shape index (κ1) is 22.1. The van der Waals surface area contributed by atoms with Crippen molar-refractivity contribution >= 4 is 34.2 Å². The average Bonchev–Trinajstić information content (AvgIpc) is 2.74. The van der Waals surface area contributed by atoms with Crippen molar-refractivity contribution < 1.29 is 18.7 Å². The summed E-state index contributed by atoms with van der Waals surface area (Å²) in [5.74, 6) is -0.837. The van der Waals surface area contributed by atoms with Gasteiger partial charge in [-0.1, -0.05) is 12.1 Å². The quantitative estimate of drug-likeness (QED) is 0.447. The number of amides is 1. The molecule has 0 aliphatic carbocycles. The van der Waals surface area contributed by atoms with Crippen LogP contribution in [0.2, 0.25) is 0 Å². The molecule has 1 amide bonds. The number of nitrogens with one attached hydrogen (secondary N) is 1. The largest absolute Gasteiger partial charge is 0.462 e. The number of carbonyl (C=O) groups is 2. The Balaban J connectivity index is 2.19. The van der Waals surface area contributed by atoms with Crippen LogP contribution < -0.4 is 15.8 Å². The van der Waals surface area contributed by atoms with Gasteiger partial charge in [0, 0.05) is 48.4 Å². The fraction of sp³-hybridized carbons (Fsp3) is 0.292. The second-order valence-corrected chi connectivity index (χ2v) is 7.01. The second-order valence-electron chi connectivity index (χ2n) is 7.01. The highest BCUT2D eigenvalue weighted by Crippen LogP contribution is 2.35. The van der Waals surface area contributed by atoms with E-state index in [0.717, 1.165) is 29.9 Å². The number of rotatable bonds is 7. The summed E-state index contributed by atoms with van der Waals surface area (Å²) in [7, 11) is 0. The molecular formula is C24H26N2O5. The van der Waals surface area contributed by atoms with E-state index < -0.39 is 11.6 Å². The maximum absolute atomic E-state index is 12.3. The van der Waals surface area contributed by atoms with Crippen LogP contribution in [0.15, 0.2) is 51.7 Å². The molecule has 0 radical (unpaired) electrons. The van der Waals surface area contributed by atoms with Gasteiger partial charge >= 0.3 is 11.6 Å². The van der Waals surface area contributed by atoms with E-state index >= 15 is 0 Å². The van der Waals surface area contributed by atoms with Gasteiger partial charge in [0.05, 0.1) is 6.61 Å². The zero-order valence-electron chi connectivity index (χ0n) is 18.2. The molecule has 1 aromatic heterocycles. The van der Waals surface area contributed by atoms with Gasteiger partial charge in [-0.2, -0.15) is 0 Å². The number of hydrogen-bond donors (Lipinski definition) is 1. The number of esters is 1. The number of benzene rings is 2. The van der Waals surface area contributed by atoms with Gasteiger partial charge in [0.25, 0.3) is 0 Å². The lowest BCUT2D eigenvalue weighted by Gasteiger charge is -2.25. The summed E-state index contributed by atoms with van der Waals surface area (Å²) in [5, 5.41) is 3.38. The molecule has 0 unspecified atom stereocenters. The molecular weight excluding hydrogens is 396 g/mol. The SMILES string of the molecule is CCOC(=O)c1cc2cc(-c3ccc(NC(C)=O)cc3)c(N(CC)CC)cc2oc1=O. The Morgan fingerprint density at radius 2 is 1.71 bits per heavy atom. The lowest BCUT2D eigenvalue weighted by Crippen LogP contribution is -2.22. The van der Waals surface area contributed by atoms with Crippen molar-refractivity contribution in [3.8, 4) is 11.1 Å². The molecule has 162 valence electrons. The lowest BCUT2D eigenvalue weighted by molar-refractivity contribution is -0.114. The molecule has 0 aliphatic rings. The van der Waals surface area contributed by atoms with Gasteiger partial charge in [0.2, 0.25) is 5.91 Å². The van der Waals surface area contributed by atoms with E-state index in [2.05, 4.69) is 24.1 Å². The first-order valence-electron chi connectivity index (χ1n) is 10.3. The molecule has 7 heteroatoms. The Labute approximate surface area is 180 Å². The Hall–Kier alpha value is -3.61. The molecule has 0 atom stereocenters. The fourth-order valence-corrected chi connectivity index (χ4v) is 3.50. The Morgan fingerprint density at radius 1 is 1.03 bits per heavy atom. The summed E-state index contributed by atoms with van der Waals surface area (Å²) in [6.07, 6.45) is 0. The zero-order valence-corrected chi connectivity index (χ0v) is 18.2. The first-order chi connectivity index (χ1) is 14.9. The smallest absolute Gasteiger partial charge is 0.351 e. The standard InChI is InChI=1S/C24H26N2O5/c1-5-26(6-2)21-14-22-17(13-20(24(29)31-22)23(28)30-7-3)12-19(21)16-8-10-18(11-9-16)25-15(4)27/h8-14H,5-7H2,1-4H3,(H,25,27). The molecule has 0 aliphatic heterocycles. The third kappa shape index (κ3) is 4.77. The second kappa shape index (κ2) is 9.47. The number of anilines is 2. The minimum absolute atomic E-state index is 0.128. The van der Waals surface area contributed by atoms with Crippen LogP contribution in [0.3, 0.4) is 0 Å². The van der Waals surface area contributed by atoms with Crippen LogP contribution >= 0.6 is 0 Å². The Kier molecular flexibility index (Phi) is 6.74. The van der Waals surface area contributed by atoms with Crippen LogP contribution in [0.1, 0.15) is 38.1 Å². The third-order valence-electron chi connectivity index (χ3n) is 4.97. The van der Waals surface area contributed by atoms with Crippen molar-refractivity contribution in [2.45, 2.75) is 27.7 Å². The van der Waals surface area contributed by atoms with Crippen molar-refractivity contribution in [1.82, 2.24) is 0 Å². The van der Waals surface area contributed by atoms with Gasteiger partial charge in [-0.05, 0) is 50.6 Å². The van der Waals surface area contributed by atoms with Crippen LogP contribution in [0.5, 0.6) is 0 Å². The van der Waals surface area contributed by atoms with Crippen molar-refractivity contribution in [1.29, 1.82) is 0 Å². The minimum Gasteiger partial charge on any atom is -0.462 e. The van der Waals surface area contributed by atoms with Crippen molar-refractivity contribution in [3.63, 3.8) is 0 Å². The third-order valence-corrected chi connectivity index (χ3v) is 4.97. The predicted molar refractivity (Wildman–Crippen MR) is 122 cm³/mol. The monoisotopic (exact) mass is 422 g/mol. The molecule has 31 heavy (non-hydrogen) atoms. The zero-order chi connectivity index (χ0) is 22.5. The van der Waals surface area contributed by atoms with Crippen LogP contribution in [-0.4, -0.2) is 31.6 Å². The number of nitrogens with zero attached hydrogens (tertiary/aromatic N) is 1. The summed E-state index contributed by atoms with van der Waals surface area (Å²) in [6, 6.07) is 12.8. The van der Waals surface area contributed by atoms with E-state index in [1.54, 1.807) is 6.92 Å². The summed E-state index contributed by atoms with van der Waals surface area (Å²) in [5.41, 5.74) is 3.03. The van der Waals surface area contributed by atoms with Crippen molar-refractivity contribution in [2.24, 2.45) is 0 Å². The molecule has 3 rings (SSSR count). The molecule has 2 aromatic carbocycles.